The first kappa shape index (κ1) is 14.1. The minimum atomic E-state index is -0.348. The van der Waals surface area contributed by atoms with Gasteiger partial charge in [-0.2, -0.15) is 10.1 Å². The number of carbonyl (C=O) groups excluding carboxylic acids is 1. The molecule has 2 aromatic heterocycles. The predicted octanol–water partition coefficient (Wildman–Crippen LogP) is 1.89. The van der Waals surface area contributed by atoms with Crippen molar-refractivity contribution in [1.82, 2.24) is 24.8 Å². The van der Waals surface area contributed by atoms with Crippen molar-refractivity contribution in [2.45, 2.75) is 31.7 Å². The quantitative estimate of drug-likeness (QED) is 0.865. The third kappa shape index (κ3) is 2.92. The Bertz CT molecular complexity index is 604. The molecule has 1 atom stereocenters. The minimum absolute atomic E-state index is 0.0568. The van der Waals surface area contributed by atoms with Crippen molar-refractivity contribution in [2.24, 2.45) is 0 Å². The van der Waals surface area contributed by atoms with E-state index in [0.29, 0.717) is 18.1 Å². The largest absolute Gasteiger partial charge is 0.343 e. The van der Waals surface area contributed by atoms with Crippen molar-refractivity contribution < 1.29 is 9.32 Å². The van der Waals surface area contributed by atoms with Crippen molar-refractivity contribution in [3.63, 3.8) is 0 Å². The molecule has 1 aliphatic rings. The predicted molar refractivity (Wildman–Crippen MR) is 74.8 cm³/mol. The highest BCUT2D eigenvalue weighted by Gasteiger charge is 2.29. The summed E-state index contributed by atoms with van der Waals surface area (Å²) in [7, 11) is 0. The number of hydrogen-bond acceptors (Lipinski definition) is 5. The molecule has 7 nitrogen and oxygen atoms in total. The lowest BCUT2D eigenvalue weighted by Gasteiger charge is -2.32. The number of rotatable bonds is 3. The molecule has 112 valence electrons. The number of halogens is 1. The van der Waals surface area contributed by atoms with Crippen LogP contribution in [0.4, 0.5) is 0 Å². The van der Waals surface area contributed by atoms with Gasteiger partial charge < -0.3 is 9.42 Å². The standard InChI is InChI=1S/C13H16ClN5O2/c1-9(19-7-11(14)6-16-19)13(20)18-4-2-10(3-5-18)12-15-8-21-17-12/h6-10H,2-5H2,1H3/t9-/m1/s1. The van der Waals surface area contributed by atoms with E-state index in [4.69, 9.17) is 16.1 Å². The number of amides is 1. The van der Waals surface area contributed by atoms with Crippen LogP contribution in [-0.2, 0) is 4.79 Å². The molecule has 0 unspecified atom stereocenters. The van der Waals surface area contributed by atoms with Crippen molar-refractivity contribution in [3.8, 4) is 0 Å². The lowest BCUT2D eigenvalue weighted by Crippen LogP contribution is -2.41. The van der Waals surface area contributed by atoms with E-state index in [9.17, 15) is 4.79 Å². The van der Waals surface area contributed by atoms with Crippen LogP contribution in [0.5, 0.6) is 0 Å². The van der Waals surface area contributed by atoms with E-state index in [0.717, 1.165) is 18.7 Å². The van der Waals surface area contributed by atoms with Crippen molar-refractivity contribution in [1.29, 1.82) is 0 Å². The zero-order valence-electron chi connectivity index (χ0n) is 11.6. The molecule has 2 aromatic rings. The molecule has 1 aliphatic heterocycles. The van der Waals surface area contributed by atoms with Crippen molar-refractivity contribution in [2.75, 3.05) is 13.1 Å². The van der Waals surface area contributed by atoms with Gasteiger partial charge in [0.25, 0.3) is 0 Å². The van der Waals surface area contributed by atoms with Crippen LogP contribution < -0.4 is 0 Å². The number of piperidine rings is 1. The average molecular weight is 310 g/mol. The van der Waals surface area contributed by atoms with Crippen LogP contribution in [0.3, 0.4) is 0 Å². The fraction of sp³-hybridized carbons (Fsp3) is 0.538. The van der Waals surface area contributed by atoms with Crippen LogP contribution in [-0.4, -0.2) is 43.8 Å². The molecule has 0 saturated carbocycles. The molecular weight excluding hydrogens is 294 g/mol. The van der Waals surface area contributed by atoms with Crippen molar-refractivity contribution >= 4 is 17.5 Å². The monoisotopic (exact) mass is 309 g/mol. The second-order valence-corrected chi connectivity index (χ2v) is 5.64. The number of aromatic nitrogens is 4. The Morgan fingerprint density at radius 3 is 2.81 bits per heavy atom. The van der Waals surface area contributed by atoms with Crippen LogP contribution in [0.1, 0.15) is 37.5 Å². The SMILES string of the molecule is C[C@H](C(=O)N1CCC(c2ncon2)CC1)n1cc(Cl)cn1. The molecular formula is C13H16ClN5O2. The molecule has 1 saturated heterocycles. The fourth-order valence-electron chi connectivity index (χ4n) is 2.62. The van der Waals surface area contributed by atoms with Gasteiger partial charge in [0.15, 0.2) is 5.82 Å². The van der Waals surface area contributed by atoms with Gasteiger partial charge in [-0.25, -0.2) is 0 Å². The molecule has 0 N–H and O–H groups in total. The second kappa shape index (κ2) is 5.85. The van der Waals surface area contributed by atoms with Crippen LogP contribution >= 0.6 is 11.6 Å². The van der Waals surface area contributed by atoms with E-state index < -0.39 is 0 Å². The summed E-state index contributed by atoms with van der Waals surface area (Å²) in [6, 6.07) is -0.348. The van der Waals surface area contributed by atoms with E-state index in [1.807, 2.05) is 11.8 Å². The summed E-state index contributed by atoms with van der Waals surface area (Å²) < 4.78 is 6.37. The number of hydrogen-bond donors (Lipinski definition) is 0. The molecule has 1 fully saturated rings. The van der Waals surface area contributed by atoms with Gasteiger partial charge in [0.1, 0.15) is 6.04 Å². The van der Waals surface area contributed by atoms with Gasteiger partial charge >= 0.3 is 0 Å². The summed E-state index contributed by atoms with van der Waals surface area (Å²) in [4.78, 5) is 18.4. The van der Waals surface area contributed by atoms with E-state index in [2.05, 4.69) is 15.2 Å². The third-order valence-corrected chi connectivity index (χ3v) is 4.07. The Kier molecular flexibility index (Phi) is 3.92. The van der Waals surface area contributed by atoms with Crippen molar-refractivity contribution in [3.05, 3.63) is 29.6 Å². The first-order valence-electron chi connectivity index (χ1n) is 6.90. The number of likely N-dealkylation sites (tertiary alicyclic amines) is 1. The fourth-order valence-corrected chi connectivity index (χ4v) is 2.76. The zero-order valence-corrected chi connectivity index (χ0v) is 12.4. The van der Waals surface area contributed by atoms with E-state index >= 15 is 0 Å². The summed E-state index contributed by atoms with van der Waals surface area (Å²) in [5.74, 6) is 1.05. The summed E-state index contributed by atoms with van der Waals surface area (Å²) >= 11 is 5.84. The van der Waals surface area contributed by atoms with Gasteiger partial charge in [-0.05, 0) is 19.8 Å². The summed E-state index contributed by atoms with van der Waals surface area (Å²) in [5, 5.41) is 8.50. The summed E-state index contributed by atoms with van der Waals surface area (Å²) in [5.41, 5.74) is 0. The molecule has 1 amide bonds. The van der Waals surface area contributed by atoms with Gasteiger partial charge in [-0.3, -0.25) is 9.48 Å². The van der Waals surface area contributed by atoms with Crippen LogP contribution in [0.2, 0.25) is 5.02 Å². The third-order valence-electron chi connectivity index (χ3n) is 3.87. The summed E-state index contributed by atoms with van der Waals surface area (Å²) in [6.45, 7) is 3.21. The average Bonchev–Trinajstić information content (AvgIpc) is 3.17. The van der Waals surface area contributed by atoms with Gasteiger partial charge in [0.05, 0.1) is 11.2 Å². The highest BCUT2D eigenvalue weighted by atomic mass is 35.5. The Labute approximate surface area is 126 Å². The Morgan fingerprint density at radius 2 is 2.24 bits per heavy atom. The van der Waals surface area contributed by atoms with Crippen LogP contribution in [0, 0.1) is 0 Å². The highest BCUT2D eigenvalue weighted by Crippen LogP contribution is 2.26. The molecule has 0 radical (unpaired) electrons. The molecule has 3 heterocycles. The molecule has 3 rings (SSSR count). The maximum Gasteiger partial charge on any atom is 0.247 e. The molecule has 21 heavy (non-hydrogen) atoms. The lowest BCUT2D eigenvalue weighted by molar-refractivity contribution is -0.135. The van der Waals surface area contributed by atoms with E-state index in [1.54, 1.807) is 10.9 Å². The second-order valence-electron chi connectivity index (χ2n) is 5.20. The topological polar surface area (TPSA) is 77.0 Å². The molecule has 0 bridgehead atoms. The smallest absolute Gasteiger partial charge is 0.247 e. The molecule has 8 heteroatoms. The Balaban J connectivity index is 1.60. The molecule has 0 spiro atoms. The molecule has 0 aromatic carbocycles. The van der Waals surface area contributed by atoms with Gasteiger partial charge in [-0.1, -0.05) is 16.8 Å². The first-order valence-corrected chi connectivity index (χ1v) is 7.27. The summed E-state index contributed by atoms with van der Waals surface area (Å²) in [6.07, 6.45) is 6.23. The normalized spacial score (nSPS) is 17.9. The van der Waals surface area contributed by atoms with Gasteiger partial charge in [0, 0.05) is 25.2 Å². The van der Waals surface area contributed by atoms with E-state index in [1.165, 1.54) is 12.6 Å². The minimum Gasteiger partial charge on any atom is -0.343 e. The number of carbonyl (C=O) groups is 1. The Morgan fingerprint density at radius 1 is 1.48 bits per heavy atom. The lowest BCUT2D eigenvalue weighted by atomic mass is 9.96. The molecule has 0 aliphatic carbocycles. The Hall–Kier alpha value is -1.89. The maximum absolute atomic E-state index is 12.5. The highest BCUT2D eigenvalue weighted by molar-refractivity contribution is 6.30. The zero-order chi connectivity index (χ0) is 14.8. The maximum atomic E-state index is 12.5. The number of nitrogens with zero attached hydrogens (tertiary/aromatic N) is 5. The van der Waals surface area contributed by atoms with Crippen LogP contribution in [0.15, 0.2) is 23.3 Å². The van der Waals surface area contributed by atoms with Gasteiger partial charge in [0.2, 0.25) is 12.3 Å². The first-order chi connectivity index (χ1) is 10.1. The van der Waals surface area contributed by atoms with Gasteiger partial charge in [-0.15, -0.1) is 0 Å². The van der Waals surface area contributed by atoms with Crippen LogP contribution in [0.25, 0.3) is 0 Å². The van der Waals surface area contributed by atoms with E-state index in [-0.39, 0.29) is 17.9 Å².